The number of fused-ring (bicyclic) bond motifs is 2. The van der Waals surface area contributed by atoms with Crippen LogP contribution in [0.2, 0.25) is 5.02 Å². The summed E-state index contributed by atoms with van der Waals surface area (Å²) in [5.74, 6) is -0.365. The average Bonchev–Trinajstić information content (AvgIpc) is 3.43. The van der Waals surface area contributed by atoms with Crippen LogP contribution in [0.15, 0.2) is 48.5 Å². The highest BCUT2D eigenvalue weighted by atomic mass is 35.5. The molecule has 0 spiro atoms. The molecule has 4 aromatic rings. The lowest BCUT2D eigenvalue weighted by molar-refractivity contribution is 0.0485. The first kappa shape index (κ1) is 23.8. The van der Waals surface area contributed by atoms with Crippen LogP contribution in [0.4, 0.5) is 0 Å². The van der Waals surface area contributed by atoms with Gasteiger partial charge in [0.25, 0.3) is 11.8 Å². The normalized spacial score (nSPS) is 11.2. The highest BCUT2D eigenvalue weighted by molar-refractivity contribution is 6.31. The van der Waals surface area contributed by atoms with Gasteiger partial charge in [0.2, 0.25) is 0 Å². The lowest BCUT2D eigenvalue weighted by atomic mass is 10.2. The average molecular weight is 483 g/mol. The van der Waals surface area contributed by atoms with Crippen LogP contribution in [0.3, 0.4) is 0 Å². The minimum Gasteiger partial charge on any atom is -0.377 e. The van der Waals surface area contributed by atoms with Crippen LogP contribution in [-0.2, 0) is 9.47 Å². The molecule has 0 aliphatic rings. The zero-order valence-electron chi connectivity index (χ0n) is 18.9. The molecule has 0 unspecified atom stereocenters. The minimum atomic E-state index is -0.201. The van der Waals surface area contributed by atoms with Gasteiger partial charge in [-0.15, -0.1) is 0 Å². The van der Waals surface area contributed by atoms with Crippen LogP contribution in [0.5, 0.6) is 0 Å². The summed E-state index contributed by atoms with van der Waals surface area (Å²) in [5.41, 5.74) is 3.95. The number of rotatable bonds is 11. The molecule has 0 saturated carbocycles. The monoisotopic (exact) mass is 482 g/mol. The Hall–Kier alpha value is -3.33. The summed E-state index contributed by atoms with van der Waals surface area (Å²) in [7, 11) is 0. The van der Waals surface area contributed by atoms with Crippen molar-refractivity contribution in [1.29, 1.82) is 0 Å². The molecule has 2 aromatic carbocycles. The van der Waals surface area contributed by atoms with Crippen LogP contribution in [0.25, 0.3) is 21.8 Å². The summed E-state index contributed by atoms with van der Waals surface area (Å²) in [4.78, 5) is 30.7. The fraction of sp³-hybridized carbons (Fsp3) is 0.280. The van der Waals surface area contributed by atoms with Gasteiger partial charge >= 0.3 is 0 Å². The zero-order valence-corrected chi connectivity index (χ0v) is 19.6. The second kappa shape index (κ2) is 11.2. The first-order valence-corrected chi connectivity index (χ1v) is 11.5. The molecule has 0 saturated heterocycles. The van der Waals surface area contributed by atoms with Crippen molar-refractivity contribution in [2.45, 2.75) is 6.92 Å². The van der Waals surface area contributed by atoms with Crippen LogP contribution < -0.4 is 10.6 Å². The second-order valence-corrected chi connectivity index (χ2v) is 8.36. The SMILES string of the molecule is Cc1ccc2[nH]c(C(=O)NCCOCCOCCNC(=O)c3cc4cc(Cl)ccc4[nH]3)cc2c1. The van der Waals surface area contributed by atoms with Crippen LogP contribution >= 0.6 is 11.6 Å². The molecule has 0 radical (unpaired) electrons. The van der Waals surface area contributed by atoms with E-state index >= 15 is 0 Å². The number of benzene rings is 2. The van der Waals surface area contributed by atoms with E-state index in [0.717, 1.165) is 27.4 Å². The smallest absolute Gasteiger partial charge is 0.267 e. The Morgan fingerprint density at radius 3 is 1.88 bits per heavy atom. The van der Waals surface area contributed by atoms with Crippen molar-refractivity contribution in [3.05, 3.63) is 70.5 Å². The third kappa shape index (κ3) is 6.17. The summed E-state index contributed by atoms with van der Waals surface area (Å²) in [6.45, 7) is 4.36. The molecule has 0 atom stereocenters. The standard InChI is InChI=1S/C25H27ClN4O4/c1-16-2-4-20-17(12-16)14-22(29-20)24(31)27-6-8-33-10-11-34-9-7-28-25(32)23-15-18-13-19(26)3-5-21(18)30-23/h2-5,12-15,29-30H,6-11H2,1H3,(H,27,31)(H,28,32). The number of hydrogen-bond donors (Lipinski definition) is 4. The van der Waals surface area contributed by atoms with Crippen molar-refractivity contribution in [3.8, 4) is 0 Å². The Morgan fingerprint density at radius 2 is 1.29 bits per heavy atom. The van der Waals surface area contributed by atoms with Crippen molar-refractivity contribution < 1.29 is 19.1 Å². The lowest BCUT2D eigenvalue weighted by Gasteiger charge is -2.07. The third-order valence-electron chi connectivity index (χ3n) is 5.28. The molecule has 0 fully saturated rings. The van der Waals surface area contributed by atoms with Crippen LogP contribution in [0, 0.1) is 6.92 Å². The number of carbonyl (C=O) groups is 2. The molecular formula is C25H27ClN4O4. The topological polar surface area (TPSA) is 108 Å². The molecule has 4 N–H and O–H groups in total. The molecule has 0 bridgehead atoms. The molecule has 0 aliphatic carbocycles. The number of ether oxygens (including phenoxy) is 2. The van der Waals surface area contributed by atoms with Gasteiger partial charge in [0.05, 0.1) is 26.4 Å². The highest BCUT2D eigenvalue weighted by Crippen LogP contribution is 2.20. The molecule has 4 rings (SSSR count). The Kier molecular flexibility index (Phi) is 7.84. The van der Waals surface area contributed by atoms with Crippen molar-refractivity contribution in [3.63, 3.8) is 0 Å². The van der Waals surface area contributed by atoms with Gasteiger partial charge in [0.1, 0.15) is 11.4 Å². The number of H-pyrrole nitrogens is 2. The Labute approximate surface area is 202 Å². The summed E-state index contributed by atoms with van der Waals surface area (Å²) < 4.78 is 11.0. The van der Waals surface area contributed by atoms with Crippen LogP contribution in [0.1, 0.15) is 26.5 Å². The van der Waals surface area contributed by atoms with Gasteiger partial charge in [-0.25, -0.2) is 0 Å². The number of carbonyl (C=O) groups excluding carboxylic acids is 2. The molecule has 0 aliphatic heterocycles. The quantitative estimate of drug-likeness (QED) is 0.244. The fourth-order valence-electron chi connectivity index (χ4n) is 3.59. The summed E-state index contributed by atoms with van der Waals surface area (Å²) in [6.07, 6.45) is 0. The number of halogens is 1. The van der Waals surface area contributed by atoms with Gasteiger partial charge in [0.15, 0.2) is 0 Å². The molecular weight excluding hydrogens is 456 g/mol. The van der Waals surface area contributed by atoms with E-state index in [2.05, 4.69) is 20.6 Å². The van der Waals surface area contributed by atoms with Gasteiger partial charge in [0, 0.05) is 39.9 Å². The van der Waals surface area contributed by atoms with Crippen molar-refractivity contribution in [2.75, 3.05) is 39.5 Å². The zero-order chi connectivity index (χ0) is 23.9. The molecule has 2 amide bonds. The van der Waals surface area contributed by atoms with E-state index in [0.29, 0.717) is 55.9 Å². The Morgan fingerprint density at radius 1 is 0.765 bits per heavy atom. The number of hydrogen-bond acceptors (Lipinski definition) is 4. The predicted molar refractivity (Wildman–Crippen MR) is 133 cm³/mol. The van der Waals surface area contributed by atoms with Crippen molar-refractivity contribution in [2.24, 2.45) is 0 Å². The van der Waals surface area contributed by atoms with E-state index in [1.807, 2.05) is 37.3 Å². The van der Waals surface area contributed by atoms with E-state index in [1.54, 1.807) is 18.2 Å². The van der Waals surface area contributed by atoms with Crippen molar-refractivity contribution >= 4 is 45.2 Å². The summed E-state index contributed by atoms with van der Waals surface area (Å²) in [5, 5.41) is 8.17. The van der Waals surface area contributed by atoms with E-state index in [9.17, 15) is 9.59 Å². The fourth-order valence-corrected chi connectivity index (χ4v) is 3.77. The molecule has 2 heterocycles. The summed E-state index contributed by atoms with van der Waals surface area (Å²) >= 11 is 5.98. The summed E-state index contributed by atoms with van der Waals surface area (Å²) in [6, 6.07) is 15.0. The number of amides is 2. The molecule has 9 heteroatoms. The Balaban J connectivity index is 1.05. The van der Waals surface area contributed by atoms with Crippen molar-refractivity contribution in [1.82, 2.24) is 20.6 Å². The number of aryl methyl sites for hydroxylation is 1. The maximum Gasteiger partial charge on any atom is 0.267 e. The van der Waals surface area contributed by atoms with E-state index in [-0.39, 0.29) is 11.8 Å². The van der Waals surface area contributed by atoms with Crippen LogP contribution in [-0.4, -0.2) is 61.3 Å². The maximum atomic E-state index is 12.3. The Bertz CT molecular complexity index is 1200. The van der Waals surface area contributed by atoms with Gasteiger partial charge in [-0.3, -0.25) is 9.59 Å². The van der Waals surface area contributed by atoms with E-state index < -0.39 is 0 Å². The predicted octanol–water partition coefficient (Wildman–Crippen LogP) is 3.80. The first-order chi connectivity index (χ1) is 16.5. The van der Waals surface area contributed by atoms with Gasteiger partial charge in [-0.05, 0) is 49.4 Å². The lowest BCUT2D eigenvalue weighted by Crippen LogP contribution is -2.28. The van der Waals surface area contributed by atoms with Gasteiger partial charge < -0.3 is 30.1 Å². The highest BCUT2D eigenvalue weighted by Gasteiger charge is 2.10. The molecule has 8 nitrogen and oxygen atoms in total. The molecule has 2 aromatic heterocycles. The number of nitrogens with one attached hydrogen (secondary N) is 4. The van der Waals surface area contributed by atoms with Gasteiger partial charge in [-0.2, -0.15) is 0 Å². The maximum absolute atomic E-state index is 12.3. The van der Waals surface area contributed by atoms with E-state index in [1.165, 1.54) is 0 Å². The third-order valence-corrected chi connectivity index (χ3v) is 5.52. The number of aromatic amines is 2. The molecule has 34 heavy (non-hydrogen) atoms. The minimum absolute atomic E-state index is 0.164. The first-order valence-electron chi connectivity index (χ1n) is 11.1. The van der Waals surface area contributed by atoms with Gasteiger partial charge in [-0.1, -0.05) is 23.2 Å². The van der Waals surface area contributed by atoms with E-state index in [4.69, 9.17) is 21.1 Å². The molecule has 178 valence electrons. The second-order valence-electron chi connectivity index (χ2n) is 7.92. The largest absolute Gasteiger partial charge is 0.377 e. The number of aromatic nitrogens is 2.